The first-order valence-corrected chi connectivity index (χ1v) is 6.08. The van der Waals surface area contributed by atoms with Crippen LogP contribution in [0.5, 0.6) is 0 Å². The van der Waals surface area contributed by atoms with Gasteiger partial charge in [-0.2, -0.15) is 0 Å². The number of rotatable bonds is 1. The monoisotopic (exact) mass is 254 g/mol. The Morgan fingerprint density at radius 3 is 3.12 bits per heavy atom. The molecule has 3 rings (SSSR count). The molecule has 1 unspecified atom stereocenters. The van der Waals surface area contributed by atoms with Crippen molar-refractivity contribution in [2.75, 3.05) is 13.1 Å². The van der Waals surface area contributed by atoms with Crippen LogP contribution in [0.1, 0.15) is 24.7 Å². The molecule has 5 heteroatoms. The lowest BCUT2D eigenvalue weighted by molar-refractivity contribution is 0.387. The molecule has 0 saturated carbocycles. The average molecular weight is 255 g/mol. The molecule has 0 spiro atoms. The highest BCUT2D eigenvalue weighted by atomic mass is 35.5. The molecule has 0 aliphatic carbocycles. The molecule has 17 heavy (non-hydrogen) atoms. The number of hydrogen-bond acceptors (Lipinski definition) is 3. The van der Waals surface area contributed by atoms with Crippen molar-refractivity contribution in [3.63, 3.8) is 0 Å². The number of benzene rings is 1. The van der Waals surface area contributed by atoms with E-state index in [4.69, 9.17) is 16.0 Å². The van der Waals surface area contributed by atoms with Crippen molar-refractivity contribution in [2.24, 2.45) is 0 Å². The summed E-state index contributed by atoms with van der Waals surface area (Å²) in [6.07, 6.45) is 2.16. The zero-order chi connectivity index (χ0) is 11.8. The lowest BCUT2D eigenvalue weighted by atomic mass is 10.00. The van der Waals surface area contributed by atoms with Crippen LogP contribution in [0.4, 0.5) is 4.39 Å². The summed E-state index contributed by atoms with van der Waals surface area (Å²) in [7, 11) is 0. The third kappa shape index (κ3) is 2.03. The molecule has 1 atom stereocenters. The summed E-state index contributed by atoms with van der Waals surface area (Å²) < 4.78 is 18.9. The Kier molecular flexibility index (Phi) is 2.76. The molecule has 1 aliphatic rings. The lowest BCUT2D eigenvalue weighted by Gasteiger charge is -2.19. The van der Waals surface area contributed by atoms with E-state index in [1.54, 1.807) is 0 Å². The minimum Gasteiger partial charge on any atom is -0.440 e. The molecule has 90 valence electrons. The Morgan fingerprint density at radius 1 is 1.47 bits per heavy atom. The number of hydrogen-bond donors (Lipinski definition) is 1. The molecule has 1 fully saturated rings. The summed E-state index contributed by atoms with van der Waals surface area (Å²) in [5, 5.41) is 3.38. The fourth-order valence-electron chi connectivity index (χ4n) is 2.18. The molecule has 0 amide bonds. The number of oxazole rings is 1. The van der Waals surface area contributed by atoms with Crippen LogP contribution in [0.2, 0.25) is 5.02 Å². The van der Waals surface area contributed by atoms with Crippen LogP contribution in [-0.4, -0.2) is 18.1 Å². The fourth-order valence-corrected chi connectivity index (χ4v) is 2.34. The van der Waals surface area contributed by atoms with Gasteiger partial charge < -0.3 is 9.73 Å². The maximum atomic E-state index is 13.3. The van der Waals surface area contributed by atoms with Crippen LogP contribution in [0.15, 0.2) is 16.5 Å². The Bertz CT molecular complexity index is 510. The normalized spacial score (nSPS) is 20.9. The van der Waals surface area contributed by atoms with E-state index in [1.165, 1.54) is 12.1 Å². The molecule has 0 bridgehead atoms. The van der Waals surface area contributed by atoms with E-state index in [0.717, 1.165) is 25.9 Å². The Hall–Kier alpha value is -1.13. The van der Waals surface area contributed by atoms with Crippen molar-refractivity contribution in [1.82, 2.24) is 10.3 Å². The van der Waals surface area contributed by atoms with Crippen molar-refractivity contribution in [2.45, 2.75) is 18.8 Å². The second-order valence-corrected chi connectivity index (χ2v) is 4.74. The van der Waals surface area contributed by atoms with Crippen molar-refractivity contribution in [3.05, 3.63) is 28.9 Å². The molecule has 2 heterocycles. The number of nitrogens with zero attached hydrogens (tertiary/aromatic N) is 1. The topological polar surface area (TPSA) is 38.1 Å². The third-order valence-corrected chi connectivity index (χ3v) is 3.38. The summed E-state index contributed by atoms with van der Waals surface area (Å²) in [4.78, 5) is 4.38. The predicted molar refractivity (Wildman–Crippen MR) is 63.8 cm³/mol. The van der Waals surface area contributed by atoms with Crippen LogP contribution in [-0.2, 0) is 0 Å². The summed E-state index contributed by atoms with van der Waals surface area (Å²) in [5.74, 6) is 0.482. The number of fused-ring (bicyclic) bond motifs is 1. The first-order valence-electron chi connectivity index (χ1n) is 5.70. The number of halogens is 2. The number of nitrogens with one attached hydrogen (secondary N) is 1. The van der Waals surface area contributed by atoms with Crippen molar-refractivity contribution < 1.29 is 8.81 Å². The van der Waals surface area contributed by atoms with Gasteiger partial charge in [-0.15, -0.1) is 0 Å². The van der Waals surface area contributed by atoms with E-state index in [0.29, 0.717) is 17.0 Å². The highest BCUT2D eigenvalue weighted by Crippen LogP contribution is 2.28. The molecule has 0 radical (unpaired) electrons. The first-order chi connectivity index (χ1) is 8.24. The fraction of sp³-hybridized carbons (Fsp3) is 0.417. The Labute approximate surface area is 103 Å². The van der Waals surface area contributed by atoms with Crippen molar-refractivity contribution in [1.29, 1.82) is 0 Å². The van der Waals surface area contributed by atoms with Gasteiger partial charge >= 0.3 is 0 Å². The van der Waals surface area contributed by atoms with E-state index in [-0.39, 0.29) is 10.9 Å². The number of piperidine rings is 1. The highest BCUT2D eigenvalue weighted by Gasteiger charge is 2.21. The minimum absolute atomic E-state index is 0.0825. The molecule has 3 nitrogen and oxygen atoms in total. The summed E-state index contributed by atoms with van der Waals surface area (Å²) in [5.41, 5.74) is 1.09. The van der Waals surface area contributed by atoms with Gasteiger partial charge in [0.15, 0.2) is 11.5 Å². The van der Waals surface area contributed by atoms with Crippen LogP contribution in [0.3, 0.4) is 0 Å². The number of aromatic nitrogens is 1. The van der Waals surface area contributed by atoms with E-state index in [2.05, 4.69) is 10.3 Å². The molecule has 1 N–H and O–H groups in total. The maximum Gasteiger partial charge on any atom is 0.199 e. The van der Waals surface area contributed by atoms with E-state index in [1.807, 2.05) is 0 Å². The van der Waals surface area contributed by atoms with Gasteiger partial charge in [-0.25, -0.2) is 9.37 Å². The van der Waals surface area contributed by atoms with Gasteiger partial charge in [0.2, 0.25) is 0 Å². The molecule has 1 aromatic carbocycles. The van der Waals surface area contributed by atoms with Gasteiger partial charge in [-0.3, -0.25) is 0 Å². The molecular weight excluding hydrogens is 243 g/mol. The second kappa shape index (κ2) is 4.27. The Balaban J connectivity index is 2.00. The van der Waals surface area contributed by atoms with Crippen LogP contribution < -0.4 is 5.32 Å². The van der Waals surface area contributed by atoms with Crippen molar-refractivity contribution >= 4 is 22.7 Å². The summed E-state index contributed by atoms with van der Waals surface area (Å²) in [6, 6.07) is 2.81. The molecule has 1 saturated heterocycles. The quantitative estimate of drug-likeness (QED) is 0.850. The average Bonchev–Trinajstić information content (AvgIpc) is 2.74. The predicted octanol–water partition coefficient (Wildman–Crippen LogP) is 3.09. The SMILES string of the molecule is Fc1cc2oc(C3CCCNC3)nc2cc1Cl. The van der Waals surface area contributed by atoms with E-state index in [9.17, 15) is 4.39 Å². The Morgan fingerprint density at radius 2 is 2.35 bits per heavy atom. The van der Waals surface area contributed by atoms with Gasteiger partial charge in [0, 0.05) is 18.5 Å². The zero-order valence-corrected chi connectivity index (χ0v) is 9.93. The van der Waals surface area contributed by atoms with E-state index < -0.39 is 5.82 Å². The third-order valence-electron chi connectivity index (χ3n) is 3.09. The van der Waals surface area contributed by atoms with Gasteiger partial charge in [0.05, 0.1) is 5.02 Å². The zero-order valence-electron chi connectivity index (χ0n) is 9.17. The molecule has 1 aromatic heterocycles. The van der Waals surface area contributed by atoms with Gasteiger partial charge in [-0.1, -0.05) is 11.6 Å². The molecular formula is C12H12ClFN2O. The highest BCUT2D eigenvalue weighted by molar-refractivity contribution is 6.31. The van der Waals surface area contributed by atoms with Gasteiger partial charge in [0.25, 0.3) is 0 Å². The van der Waals surface area contributed by atoms with Crippen molar-refractivity contribution in [3.8, 4) is 0 Å². The summed E-state index contributed by atoms with van der Waals surface area (Å²) >= 11 is 5.71. The first kappa shape index (κ1) is 11.0. The lowest BCUT2D eigenvalue weighted by Crippen LogP contribution is -2.28. The van der Waals surface area contributed by atoms with E-state index >= 15 is 0 Å². The molecule has 1 aliphatic heterocycles. The van der Waals surface area contributed by atoms with Crippen LogP contribution >= 0.6 is 11.6 Å². The van der Waals surface area contributed by atoms with Crippen LogP contribution in [0.25, 0.3) is 11.1 Å². The smallest absolute Gasteiger partial charge is 0.199 e. The second-order valence-electron chi connectivity index (χ2n) is 4.33. The largest absolute Gasteiger partial charge is 0.440 e. The molecule has 2 aromatic rings. The summed E-state index contributed by atoms with van der Waals surface area (Å²) in [6.45, 7) is 1.90. The van der Waals surface area contributed by atoms with Gasteiger partial charge in [0.1, 0.15) is 11.3 Å². The maximum absolute atomic E-state index is 13.3. The minimum atomic E-state index is -0.469. The van der Waals surface area contributed by atoms with Gasteiger partial charge in [-0.05, 0) is 25.5 Å². The standard InChI is InChI=1S/C12H12ClFN2O/c13-8-4-10-11(5-9(8)14)17-12(16-10)7-2-1-3-15-6-7/h4-5,7,15H,1-3,6H2. The van der Waals surface area contributed by atoms with Crippen LogP contribution in [0, 0.1) is 5.82 Å².